The molecule has 7 nitrogen and oxygen atoms in total. The van der Waals surface area contributed by atoms with Crippen molar-refractivity contribution >= 4 is 23.4 Å². The zero-order valence-corrected chi connectivity index (χ0v) is 20.5. The molecule has 2 fully saturated rings. The minimum absolute atomic E-state index is 0.0162. The third kappa shape index (κ3) is 3.80. The monoisotopic (exact) mass is 521 g/mol. The first-order valence-corrected chi connectivity index (χ1v) is 12.1. The van der Waals surface area contributed by atoms with Crippen LogP contribution >= 0.6 is 11.6 Å². The van der Waals surface area contributed by atoms with Crippen LogP contribution in [-0.4, -0.2) is 63.0 Å². The summed E-state index contributed by atoms with van der Waals surface area (Å²) in [6, 6.07) is 6.75. The Labute approximate surface area is 210 Å². The Kier molecular flexibility index (Phi) is 5.24. The summed E-state index contributed by atoms with van der Waals surface area (Å²) in [6.45, 7) is 6.01. The van der Waals surface area contributed by atoms with Gasteiger partial charge < -0.3 is 9.80 Å². The van der Waals surface area contributed by atoms with Gasteiger partial charge in [-0.15, -0.1) is 10.2 Å². The van der Waals surface area contributed by atoms with Crippen LogP contribution in [0.1, 0.15) is 24.0 Å². The van der Waals surface area contributed by atoms with Crippen LogP contribution in [0.25, 0.3) is 5.69 Å². The number of nitrogens with zero attached hydrogens (tertiary/aromatic N) is 7. The first kappa shape index (κ1) is 23.5. The highest BCUT2D eigenvalue weighted by molar-refractivity contribution is 6.30. The molecule has 1 spiro atoms. The fourth-order valence-electron chi connectivity index (χ4n) is 5.43. The van der Waals surface area contributed by atoms with E-state index in [2.05, 4.69) is 25.0 Å². The van der Waals surface area contributed by atoms with Gasteiger partial charge in [0.05, 0.1) is 17.9 Å². The van der Waals surface area contributed by atoms with Gasteiger partial charge in [0, 0.05) is 43.2 Å². The summed E-state index contributed by atoms with van der Waals surface area (Å²) in [5, 5.41) is 9.16. The highest BCUT2D eigenvalue weighted by Gasteiger charge is 2.53. The van der Waals surface area contributed by atoms with E-state index in [1.165, 1.54) is 11.0 Å². The van der Waals surface area contributed by atoms with Gasteiger partial charge in [0.25, 0.3) is 0 Å². The smallest absolute Gasteiger partial charge is 0.355 e. The molecule has 3 aliphatic heterocycles. The number of halogens is 5. The van der Waals surface area contributed by atoms with E-state index >= 15 is 0 Å². The van der Waals surface area contributed by atoms with E-state index in [0.717, 1.165) is 44.6 Å². The predicted octanol–water partition coefficient (Wildman–Crippen LogP) is 4.36. The number of hydrogen-bond donors (Lipinski definition) is 0. The maximum Gasteiger partial charge on any atom is 0.403 e. The quantitative estimate of drug-likeness (QED) is 0.478. The molecule has 2 saturated heterocycles. The maximum absolute atomic E-state index is 13.6. The van der Waals surface area contributed by atoms with Crippen LogP contribution in [0.2, 0.25) is 5.02 Å². The largest absolute Gasteiger partial charge is 0.403 e. The average molecular weight is 522 g/mol. The van der Waals surface area contributed by atoms with Crippen molar-refractivity contribution in [1.82, 2.24) is 24.6 Å². The Morgan fingerprint density at radius 2 is 1.72 bits per heavy atom. The van der Waals surface area contributed by atoms with E-state index in [0.29, 0.717) is 28.1 Å². The van der Waals surface area contributed by atoms with Crippen molar-refractivity contribution in [2.45, 2.75) is 39.2 Å². The molecule has 0 saturated carbocycles. The third-order valence-electron chi connectivity index (χ3n) is 7.45. The lowest BCUT2D eigenvalue weighted by Gasteiger charge is -2.60. The zero-order valence-electron chi connectivity index (χ0n) is 19.7. The van der Waals surface area contributed by atoms with Crippen LogP contribution in [-0.2, 0) is 13.1 Å². The summed E-state index contributed by atoms with van der Waals surface area (Å²) in [5.41, 5.74) is 1.89. The SMILES string of the molecule is Cc1nc(N2CC3(C2)CN(c2nnc4n2-c2ccc(Cl)cc2CN(C(C)C(F)(F)F)C4)C3)ccc1F. The zero-order chi connectivity index (χ0) is 25.4. The molecule has 0 aliphatic carbocycles. The summed E-state index contributed by atoms with van der Waals surface area (Å²) in [7, 11) is 0. The molecule has 0 N–H and O–H groups in total. The number of aryl methyl sites for hydroxylation is 1. The van der Waals surface area contributed by atoms with Crippen molar-refractivity contribution in [2.24, 2.45) is 5.41 Å². The molecule has 5 heterocycles. The van der Waals surface area contributed by atoms with E-state index in [9.17, 15) is 17.6 Å². The first-order chi connectivity index (χ1) is 17.0. The summed E-state index contributed by atoms with van der Waals surface area (Å²) in [5.74, 6) is 1.53. The Morgan fingerprint density at radius 3 is 2.42 bits per heavy atom. The minimum Gasteiger partial charge on any atom is -0.355 e. The number of anilines is 2. The fourth-order valence-corrected chi connectivity index (χ4v) is 5.63. The Morgan fingerprint density at radius 1 is 1.00 bits per heavy atom. The van der Waals surface area contributed by atoms with Gasteiger partial charge in [-0.3, -0.25) is 9.47 Å². The number of benzene rings is 1. The van der Waals surface area contributed by atoms with Gasteiger partial charge in [-0.25, -0.2) is 9.37 Å². The van der Waals surface area contributed by atoms with Gasteiger partial charge in [-0.05, 0) is 49.7 Å². The molecular formula is C24H24ClF4N7. The van der Waals surface area contributed by atoms with Crippen LogP contribution < -0.4 is 9.80 Å². The Bertz CT molecular complexity index is 1330. The standard InChI is InChI=1S/C24H24ClF4N7/c1-14-18(26)4-6-20(30-14)34-10-23(11-34)12-35(13-23)22-32-31-21-9-33(15(2)24(27,28)29)8-16-7-17(25)3-5-19(16)36(21)22/h3-7,15H,8-13H2,1-2H3. The number of fused-ring (bicyclic) bond motifs is 3. The van der Waals surface area contributed by atoms with E-state index in [-0.39, 0.29) is 24.3 Å². The Hall–Kier alpha value is -2.92. The summed E-state index contributed by atoms with van der Waals surface area (Å²) >= 11 is 6.21. The molecule has 1 unspecified atom stereocenters. The van der Waals surface area contributed by atoms with E-state index in [1.54, 1.807) is 25.1 Å². The van der Waals surface area contributed by atoms with Crippen molar-refractivity contribution in [2.75, 3.05) is 36.0 Å². The fraction of sp³-hybridized carbons (Fsp3) is 0.458. The lowest BCUT2D eigenvalue weighted by Crippen LogP contribution is -2.73. The van der Waals surface area contributed by atoms with E-state index < -0.39 is 12.2 Å². The lowest BCUT2D eigenvalue weighted by molar-refractivity contribution is -0.182. The number of aromatic nitrogens is 4. The summed E-state index contributed by atoms with van der Waals surface area (Å²) in [6.07, 6.45) is -4.37. The Balaban J connectivity index is 1.24. The molecule has 0 amide bonds. The number of pyridine rings is 1. The van der Waals surface area contributed by atoms with Gasteiger partial charge in [0.2, 0.25) is 5.95 Å². The van der Waals surface area contributed by atoms with Crippen molar-refractivity contribution in [1.29, 1.82) is 0 Å². The number of hydrogen-bond acceptors (Lipinski definition) is 6. The van der Waals surface area contributed by atoms with Crippen LogP contribution in [0.4, 0.5) is 29.3 Å². The van der Waals surface area contributed by atoms with Gasteiger partial charge in [0.15, 0.2) is 5.82 Å². The molecular weight excluding hydrogens is 498 g/mol. The van der Waals surface area contributed by atoms with Gasteiger partial charge in [-0.1, -0.05) is 11.6 Å². The highest BCUT2D eigenvalue weighted by atomic mass is 35.5. The van der Waals surface area contributed by atoms with Crippen LogP contribution in [0.15, 0.2) is 30.3 Å². The normalized spacial score (nSPS) is 19.9. The van der Waals surface area contributed by atoms with Crippen molar-refractivity contribution in [3.63, 3.8) is 0 Å². The second-order valence-corrected chi connectivity index (χ2v) is 10.5. The molecule has 6 rings (SSSR count). The van der Waals surface area contributed by atoms with E-state index in [1.807, 2.05) is 10.6 Å². The molecule has 3 aliphatic rings. The second kappa shape index (κ2) is 8.04. The summed E-state index contributed by atoms with van der Waals surface area (Å²) < 4.78 is 56.2. The van der Waals surface area contributed by atoms with E-state index in [4.69, 9.17) is 11.6 Å². The molecule has 0 radical (unpaired) electrons. The maximum atomic E-state index is 13.6. The summed E-state index contributed by atoms with van der Waals surface area (Å²) in [4.78, 5) is 9.93. The van der Waals surface area contributed by atoms with Crippen LogP contribution in [0.3, 0.4) is 0 Å². The van der Waals surface area contributed by atoms with Crippen LogP contribution in [0, 0.1) is 18.2 Å². The van der Waals surface area contributed by atoms with Crippen molar-refractivity contribution in [3.8, 4) is 5.69 Å². The molecule has 1 atom stereocenters. The van der Waals surface area contributed by atoms with Crippen LogP contribution in [0.5, 0.6) is 0 Å². The third-order valence-corrected chi connectivity index (χ3v) is 7.69. The second-order valence-electron chi connectivity index (χ2n) is 10.1. The lowest BCUT2D eigenvalue weighted by atomic mass is 9.73. The molecule has 1 aromatic carbocycles. The number of rotatable bonds is 3. The number of alkyl halides is 3. The molecule has 0 bridgehead atoms. The molecule has 36 heavy (non-hydrogen) atoms. The van der Waals surface area contributed by atoms with Gasteiger partial charge >= 0.3 is 6.18 Å². The predicted molar refractivity (Wildman–Crippen MR) is 127 cm³/mol. The molecule has 2 aromatic heterocycles. The molecule has 12 heteroatoms. The topological polar surface area (TPSA) is 53.3 Å². The van der Waals surface area contributed by atoms with Crippen molar-refractivity contribution < 1.29 is 17.6 Å². The average Bonchev–Trinajstić information content (AvgIpc) is 3.08. The minimum atomic E-state index is -4.37. The molecule has 3 aromatic rings. The highest BCUT2D eigenvalue weighted by Crippen LogP contribution is 2.44. The molecule has 190 valence electrons. The van der Waals surface area contributed by atoms with Gasteiger partial charge in [0.1, 0.15) is 17.7 Å². The van der Waals surface area contributed by atoms with Gasteiger partial charge in [-0.2, -0.15) is 13.2 Å². The first-order valence-electron chi connectivity index (χ1n) is 11.7. The van der Waals surface area contributed by atoms with Crippen molar-refractivity contribution in [3.05, 3.63) is 58.3 Å².